The van der Waals surface area contributed by atoms with Gasteiger partial charge in [0.05, 0.1) is 12.5 Å². The summed E-state index contributed by atoms with van der Waals surface area (Å²) in [5, 5.41) is 17.8. The summed E-state index contributed by atoms with van der Waals surface area (Å²) in [5.74, 6) is -1.36. The molecule has 0 unspecified atom stereocenters. The zero-order chi connectivity index (χ0) is 13.1. The minimum absolute atomic E-state index is 0.0762. The van der Waals surface area contributed by atoms with Crippen molar-refractivity contribution in [3.63, 3.8) is 0 Å². The number of hydrogen-bond acceptors (Lipinski definition) is 3. The lowest BCUT2D eigenvalue weighted by Gasteiger charge is -2.41. The summed E-state index contributed by atoms with van der Waals surface area (Å²) in [6, 6.07) is 1.91. The number of carbonyl (C=O) groups is 2. The van der Waals surface area contributed by atoms with E-state index in [9.17, 15) is 14.7 Å². The Hall–Kier alpha value is -1.57. The molecule has 5 heteroatoms. The Balaban J connectivity index is 2.84. The smallest absolute Gasteiger partial charge is 0.319 e. The maximum absolute atomic E-state index is 12.3. The van der Waals surface area contributed by atoms with Crippen LogP contribution in [-0.4, -0.2) is 34.5 Å². The third kappa shape index (κ3) is 2.41. The third-order valence-corrected chi connectivity index (χ3v) is 3.37. The van der Waals surface area contributed by atoms with Gasteiger partial charge in [0.1, 0.15) is 5.41 Å². The highest BCUT2D eigenvalue weighted by atomic mass is 16.4. The van der Waals surface area contributed by atoms with Crippen LogP contribution in [0.5, 0.6) is 0 Å². The minimum atomic E-state index is -1.22. The van der Waals surface area contributed by atoms with Crippen LogP contribution in [0.15, 0.2) is 0 Å². The first kappa shape index (κ1) is 13.5. The van der Waals surface area contributed by atoms with Crippen molar-refractivity contribution in [1.82, 2.24) is 4.90 Å². The molecule has 5 nitrogen and oxygen atoms in total. The Labute approximate surface area is 101 Å². The second-order valence-electron chi connectivity index (χ2n) is 4.74. The first-order chi connectivity index (χ1) is 7.95. The van der Waals surface area contributed by atoms with Crippen LogP contribution < -0.4 is 0 Å². The summed E-state index contributed by atoms with van der Waals surface area (Å²) in [5.41, 5.74) is -1.22. The third-order valence-electron chi connectivity index (χ3n) is 3.37. The number of nitrogens with zero attached hydrogens (tertiary/aromatic N) is 2. The van der Waals surface area contributed by atoms with Crippen molar-refractivity contribution in [1.29, 1.82) is 5.26 Å². The molecular formula is C12H18N2O3. The van der Waals surface area contributed by atoms with Gasteiger partial charge in [0.2, 0.25) is 5.91 Å². The molecule has 0 aromatic carbocycles. The lowest BCUT2D eigenvalue weighted by Crippen LogP contribution is -2.54. The summed E-state index contributed by atoms with van der Waals surface area (Å²) in [6.45, 7) is 3.98. The first-order valence-electron chi connectivity index (χ1n) is 5.87. The van der Waals surface area contributed by atoms with Gasteiger partial charge in [-0.2, -0.15) is 5.26 Å². The van der Waals surface area contributed by atoms with Crippen molar-refractivity contribution in [3.05, 3.63) is 0 Å². The summed E-state index contributed by atoms with van der Waals surface area (Å²) in [7, 11) is 0. The van der Waals surface area contributed by atoms with Crippen LogP contribution in [0.2, 0.25) is 0 Å². The molecule has 0 aliphatic heterocycles. The molecule has 1 N–H and O–H groups in total. The summed E-state index contributed by atoms with van der Waals surface area (Å²) in [6.07, 6.45) is 1.84. The zero-order valence-electron chi connectivity index (χ0n) is 10.3. The van der Waals surface area contributed by atoms with Crippen molar-refractivity contribution in [2.75, 3.05) is 6.54 Å². The molecule has 1 fully saturated rings. The minimum Gasteiger partial charge on any atom is -0.480 e. The number of nitriles is 1. The largest absolute Gasteiger partial charge is 0.480 e. The Morgan fingerprint density at radius 1 is 1.47 bits per heavy atom. The van der Waals surface area contributed by atoms with E-state index in [1.54, 1.807) is 0 Å². The van der Waals surface area contributed by atoms with E-state index in [1.807, 2.05) is 19.9 Å². The van der Waals surface area contributed by atoms with Crippen LogP contribution in [0, 0.1) is 16.7 Å². The highest BCUT2D eigenvalue weighted by Crippen LogP contribution is 2.43. The molecule has 0 aromatic heterocycles. The van der Waals surface area contributed by atoms with E-state index in [4.69, 9.17) is 5.26 Å². The predicted molar refractivity (Wildman–Crippen MR) is 61.0 cm³/mol. The molecule has 0 heterocycles. The predicted octanol–water partition coefficient (Wildman–Crippen LogP) is 1.39. The maximum Gasteiger partial charge on any atom is 0.319 e. The Morgan fingerprint density at radius 2 is 2.06 bits per heavy atom. The lowest BCUT2D eigenvalue weighted by molar-refractivity contribution is -0.168. The van der Waals surface area contributed by atoms with Crippen LogP contribution >= 0.6 is 0 Å². The van der Waals surface area contributed by atoms with E-state index < -0.39 is 11.4 Å². The van der Waals surface area contributed by atoms with Gasteiger partial charge in [0, 0.05) is 12.6 Å². The quantitative estimate of drug-likeness (QED) is 0.734. The van der Waals surface area contributed by atoms with Crippen molar-refractivity contribution in [2.45, 2.75) is 45.6 Å². The van der Waals surface area contributed by atoms with Crippen molar-refractivity contribution < 1.29 is 14.7 Å². The SMILES string of the molecule is CC(C)N(CCC#N)C(=O)C1(C(=O)O)CCC1. The second-order valence-corrected chi connectivity index (χ2v) is 4.74. The number of carboxylic acid groups (broad SMARTS) is 1. The van der Waals surface area contributed by atoms with Gasteiger partial charge in [-0.3, -0.25) is 9.59 Å². The van der Waals surface area contributed by atoms with Gasteiger partial charge in [-0.15, -0.1) is 0 Å². The normalized spacial score (nSPS) is 17.1. The number of amides is 1. The van der Waals surface area contributed by atoms with Gasteiger partial charge in [-0.1, -0.05) is 6.42 Å². The molecule has 94 valence electrons. The Morgan fingerprint density at radius 3 is 2.35 bits per heavy atom. The highest BCUT2D eigenvalue weighted by Gasteiger charge is 2.53. The fourth-order valence-electron chi connectivity index (χ4n) is 2.09. The van der Waals surface area contributed by atoms with E-state index in [0.29, 0.717) is 19.4 Å². The van der Waals surface area contributed by atoms with E-state index in [1.165, 1.54) is 4.90 Å². The van der Waals surface area contributed by atoms with Gasteiger partial charge >= 0.3 is 5.97 Å². The molecule has 1 aliphatic rings. The van der Waals surface area contributed by atoms with Crippen LogP contribution in [0.1, 0.15) is 39.5 Å². The van der Waals surface area contributed by atoms with Crippen LogP contribution in [0.25, 0.3) is 0 Å². The van der Waals surface area contributed by atoms with Crippen molar-refractivity contribution in [3.8, 4) is 6.07 Å². The van der Waals surface area contributed by atoms with Crippen LogP contribution in [-0.2, 0) is 9.59 Å². The van der Waals surface area contributed by atoms with Crippen LogP contribution in [0.4, 0.5) is 0 Å². The molecule has 1 rings (SSSR count). The fraction of sp³-hybridized carbons (Fsp3) is 0.750. The Kier molecular flexibility index (Phi) is 4.11. The van der Waals surface area contributed by atoms with Crippen LogP contribution in [0.3, 0.4) is 0 Å². The number of aliphatic carboxylic acids is 1. The maximum atomic E-state index is 12.3. The Bertz CT molecular complexity index is 353. The molecule has 1 amide bonds. The van der Waals surface area contributed by atoms with Gasteiger partial charge in [-0.25, -0.2) is 0 Å². The molecule has 0 atom stereocenters. The molecular weight excluding hydrogens is 220 g/mol. The van der Waals surface area contributed by atoms with Gasteiger partial charge in [0.25, 0.3) is 0 Å². The van der Waals surface area contributed by atoms with E-state index in [2.05, 4.69) is 0 Å². The molecule has 0 radical (unpaired) electrons. The average Bonchev–Trinajstić information content (AvgIpc) is 2.15. The van der Waals surface area contributed by atoms with Gasteiger partial charge in [-0.05, 0) is 26.7 Å². The first-order valence-corrected chi connectivity index (χ1v) is 5.87. The number of rotatable bonds is 5. The molecule has 1 saturated carbocycles. The van der Waals surface area contributed by atoms with Crippen molar-refractivity contribution >= 4 is 11.9 Å². The molecule has 1 aliphatic carbocycles. The van der Waals surface area contributed by atoms with Gasteiger partial charge in [0.15, 0.2) is 0 Å². The van der Waals surface area contributed by atoms with E-state index in [-0.39, 0.29) is 18.4 Å². The number of carbonyl (C=O) groups excluding carboxylic acids is 1. The van der Waals surface area contributed by atoms with Gasteiger partial charge < -0.3 is 10.0 Å². The number of hydrogen-bond donors (Lipinski definition) is 1. The molecule has 0 bridgehead atoms. The second kappa shape index (κ2) is 5.17. The molecule has 17 heavy (non-hydrogen) atoms. The standard InChI is InChI=1S/C12H18N2O3/c1-9(2)14(8-4-7-13)10(15)12(11(16)17)5-3-6-12/h9H,3-6,8H2,1-2H3,(H,16,17). The number of carboxylic acids is 1. The summed E-state index contributed by atoms with van der Waals surface area (Å²) >= 11 is 0. The average molecular weight is 238 g/mol. The monoisotopic (exact) mass is 238 g/mol. The zero-order valence-corrected chi connectivity index (χ0v) is 10.3. The molecule has 0 aromatic rings. The summed E-state index contributed by atoms with van der Waals surface area (Å²) in [4.78, 5) is 25.0. The van der Waals surface area contributed by atoms with E-state index in [0.717, 1.165) is 6.42 Å². The van der Waals surface area contributed by atoms with Crippen molar-refractivity contribution in [2.24, 2.45) is 5.41 Å². The fourth-order valence-corrected chi connectivity index (χ4v) is 2.09. The lowest BCUT2D eigenvalue weighted by atomic mass is 9.67. The topological polar surface area (TPSA) is 81.4 Å². The molecule has 0 saturated heterocycles. The molecule has 0 spiro atoms. The van der Waals surface area contributed by atoms with E-state index >= 15 is 0 Å². The highest BCUT2D eigenvalue weighted by molar-refractivity contribution is 6.02. The summed E-state index contributed by atoms with van der Waals surface area (Å²) < 4.78 is 0.